The fourth-order valence-electron chi connectivity index (χ4n) is 1.93. The van der Waals surface area contributed by atoms with E-state index in [0.29, 0.717) is 24.7 Å². The Morgan fingerprint density at radius 3 is 2.42 bits per heavy atom. The number of sulfone groups is 1. The zero-order chi connectivity index (χ0) is 18.2. The Morgan fingerprint density at radius 1 is 1.17 bits per heavy atom. The standard InChI is InChI=1S/C16H25NO6S/c1-12(2)23-9-8-17-16(18)7-10-24(19,20)13-5-6-14(21-3)15(11-13)22-4/h5-6,11-12H,7-10H2,1-4H3,(H,17,18). The minimum absolute atomic E-state index is 0.0901. The third-order valence-electron chi connectivity index (χ3n) is 3.19. The maximum atomic E-state index is 12.3. The molecule has 0 atom stereocenters. The minimum Gasteiger partial charge on any atom is -0.493 e. The van der Waals surface area contributed by atoms with E-state index in [4.69, 9.17) is 14.2 Å². The van der Waals surface area contributed by atoms with Crippen LogP contribution in [0, 0.1) is 0 Å². The number of amides is 1. The van der Waals surface area contributed by atoms with Gasteiger partial charge >= 0.3 is 0 Å². The molecule has 1 aromatic rings. The van der Waals surface area contributed by atoms with E-state index in [1.54, 1.807) is 0 Å². The van der Waals surface area contributed by atoms with Crippen LogP contribution in [-0.4, -0.2) is 53.6 Å². The molecule has 0 saturated heterocycles. The molecule has 0 bridgehead atoms. The van der Waals surface area contributed by atoms with E-state index in [0.717, 1.165) is 0 Å². The van der Waals surface area contributed by atoms with Crippen molar-refractivity contribution in [1.82, 2.24) is 5.32 Å². The van der Waals surface area contributed by atoms with Crippen LogP contribution < -0.4 is 14.8 Å². The second-order valence-corrected chi connectivity index (χ2v) is 7.46. The van der Waals surface area contributed by atoms with Crippen LogP contribution in [0.5, 0.6) is 11.5 Å². The molecular formula is C16H25NO6S. The Bertz CT molecular complexity index is 642. The van der Waals surface area contributed by atoms with Crippen molar-refractivity contribution in [1.29, 1.82) is 0 Å². The van der Waals surface area contributed by atoms with Crippen molar-refractivity contribution >= 4 is 15.7 Å². The highest BCUT2D eigenvalue weighted by molar-refractivity contribution is 7.91. The van der Waals surface area contributed by atoms with Crippen molar-refractivity contribution in [3.63, 3.8) is 0 Å². The zero-order valence-electron chi connectivity index (χ0n) is 14.5. The lowest BCUT2D eigenvalue weighted by Gasteiger charge is -2.11. The van der Waals surface area contributed by atoms with Gasteiger partial charge in [-0.1, -0.05) is 0 Å². The van der Waals surface area contributed by atoms with E-state index in [1.165, 1.54) is 32.4 Å². The highest BCUT2D eigenvalue weighted by Crippen LogP contribution is 2.29. The highest BCUT2D eigenvalue weighted by Gasteiger charge is 2.18. The minimum atomic E-state index is -3.58. The predicted octanol–water partition coefficient (Wildman–Crippen LogP) is 1.41. The number of ether oxygens (including phenoxy) is 3. The van der Waals surface area contributed by atoms with Crippen LogP contribution in [0.4, 0.5) is 0 Å². The van der Waals surface area contributed by atoms with Crippen LogP contribution in [-0.2, 0) is 19.4 Å². The zero-order valence-corrected chi connectivity index (χ0v) is 15.3. The van der Waals surface area contributed by atoms with Crippen molar-refractivity contribution in [2.24, 2.45) is 0 Å². The Hall–Kier alpha value is -1.80. The van der Waals surface area contributed by atoms with E-state index in [9.17, 15) is 13.2 Å². The maximum Gasteiger partial charge on any atom is 0.221 e. The lowest BCUT2D eigenvalue weighted by molar-refractivity contribution is -0.121. The fraction of sp³-hybridized carbons (Fsp3) is 0.562. The smallest absolute Gasteiger partial charge is 0.221 e. The van der Waals surface area contributed by atoms with Crippen molar-refractivity contribution in [2.45, 2.75) is 31.3 Å². The summed E-state index contributed by atoms with van der Waals surface area (Å²) in [5, 5.41) is 2.63. The number of hydrogen-bond donors (Lipinski definition) is 1. The van der Waals surface area contributed by atoms with E-state index >= 15 is 0 Å². The van der Waals surface area contributed by atoms with Crippen molar-refractivity contribution in [2.75, 3.05) is 33.1 Å². The molecule has 0 fully saturated rings. The summed E-state index contributed by atoms with van der Waals surface area (Å²) in [5.74, 6) is 0.166. The van der Waals surface area contributed by atoms with Gasteiger partial charge in [-0.15, -0.1) is 0 Å². The van der Waals surface area contributed by atoms with E-state index in [2.05, 4.69) is 5.32 Å². The van der Waals surface area contributed by atoms with Gasteiger partial charge in [-0.2, -0.15) is 0 Å². The normalized spacial score (nSPS) is 11.4. The maximum absolute atomic E-state index is 12.3. The Kier molecular flexibility index (Phi) is 8.00. The van der Waals surface area contributed by atoms with Gasteiger partial charge in [0.2, 0.25) is 5.91 Å². The first kappa shape index (κ1) is 20.2. The van der Waals surface area contributed by atoms with Gasteiger partial charge in [0.1, 0.15) is 0 Å². The van der Waals surface area contributed by atoms with Crippen LogP contribution >= 0.6 is 0 Å². The monoisotopic (exact) mass is 359 g/mol. The Labute approximate surface area is 143 Å². The lowest BCUT2D eigenvalue weighted by atomic mass is 10.3. The van der Waals surface area contributed by atoms with Crippen LogP contribution in [0.15, 0.2) is 23.1 Å². The molecular weight excluding hydrogens is 334 g/mol. The third-order valence-corrected chi connectivity index (χ3v) is 4.90. The average molecular weight is 359 g/mol. The van der Waals surface area contributed by atoms with Gasteiger partial charge < -0.3 is 19.5 Å². The molecule has 0 unspecified atom stereocenters. The van der Waals surface area contributed by atoms with Crippen LogP contribution in [0.25, 0.3) is 0 Å². The summed E-state index contributed by atoms with van der Waals surface area (Å²) in [4.78, 5) is 11.8. The summed E-state index contributed by atoms with van der Waals surface area (Å²) in [7, 11) is -0.682. The van der Waals surface area contributed by atoms with Crippen molar-refractivity contribution in [3.8, 4) is 11.5 Å². The first-order chi connectivity index (χ1) is 11.3. The molecule has 0 heterocycles. The molecule has 0 aliphatic heterocycles. The molecule has 0 aromatic heterocycles. The summed E-state index contributed by atoms with van der Waals surface area (Å²) in [6.07, 6.45) is -0.0226. The summed E-state index contributed by atoms with van der Waals surface area (Å²) in [5.41, 5.74) is 0. The molecule has 1 amide bonds. The number of methoxy groups -OCH3 is 2. The third kappa shape index (κ3) is 6.37. The summed E-state index contributed by atoms with van der Waals surface area (Å²) in [6, 6.07) is 4.35. The number of carbonyl (C=O) groups is 1. The van der Waals surface area contributed by atoms with Crippen LogP contribution in [0.2, 0.25) is 0 Å². The Balaban J connectivity index is 2.59. The van der Waals surface area contributed by atoms with Crippen molar-refractivity contribution in [3.05, 3.63) is 18.2 Å². The molecule has 1 rings (SSSR count). The quantitative estimate of drug-likeness (QED) is 0.635. The molecule has 1 N–H and O–H groups in total. The molecule has 0 aliphatic carbocycles. The van der Waals surface area contributed by atoms with Crippen molar-refractivity contribution < 1.29 is 27.4 Å². The molecule has 136 valence electrons. The Morgan fingerprint density at radius 2 is 1.83 bits per heavy atom. The van der Waals surface area contributed by atoms with Gasteiger partial charge in [0.25, 0.3) is 0 Å². The first-order valence-electron chi connectivity index (χ1n) is 7.63. The van der Waals surface area contributed by atoms with Gasteiger partial charge in [0.05, 0.1) is 37.6 Å². The molecule has 24 heavy (non-hydrogen) atoms. The van der Waals surface area contributed by atoms with Crippen LogP contribution in [0.3, 0.4) is 0 Å². The SMILES string of the molecule is COc1ccc(S(=O)(=O)CCC(=O)NCCOC(C)C)cc1OC. The van der Waals surface area contributed by atoms with Gasteiger partial charge in [-0.3, -0.25) is 4.79 Å². The second kappa shape index (κ2) is 9.48. The summed E-state index contributed by atoms with van der Waals surface area (Å²) in [6.45, 7) is 4.55. The predicted molar refractivity (Wildman–Crippen MR) is 90.3 cm³/mol. The number of benzene rings is 1. The number of carbonyl (C=O) groups excluding carboxylic acids is 1. The number of rotatable bonds is 10. The molecule has 1 aromatic carbocycles. The molecule has 0 radical (unpaired) electrons. The topological polar surface area (TPSA) is 90.9 Å². The largest absolute Gasteiger partial charge is 0.493 e. The molecule has 0 saturated carbocycles. The average Bonchev–Trinajstić information content (AvgIpc) is 2.56. The molecule has 0 aliphatic rings. The fourth-order valence-corrected chi connectivity index (χ4v) is 3.18. The molecule has 0 spiro atoms. The van der Waals surface area contributed by atoms with Crippen LogP contribution in [0.1, 0.15) is 20.3 Å². The van der Waals surface area contributed by atoms with E-state index < -0.39 is 9.84 Å². The van der Waals surface area contributed by atoms with Gasteiger partial charge in [-0.25, -0.2) is 8.42 Å². The number of hydrogen-bond acceptors (Lipinski definition) is 6. The van der Waals surface area contributed by atoms with E-state index in [1.807, 2.05) is 13.8 Å². The second-order valence-electron chi connectivity index (χ2n) is 5.36. The summed E-state index contributed by atoms with van der Waals surface area (Å²) < 4.78 is 40.1. The molecule has 8 heteroatoms. The molecule has 7 nitrogen and oxygen atoms in total. The highest BCUT2D eigenvalue weighted by atomic mass is 32.2. The van der Waals surface area contributed by atoms with Gasteiger partial charge in [-0.05, 0) is 26.0 Å². The van der Waals surface area contributed by atoms with E-state index in [-0.39, 0.29) is 29.1 Å². The first-order valence-corrected chi connectivity index (χ1v) is 9.28. The summed E-state index contributed by atoms with van der Waals surface area (Å²) >= 11 is 0. The lowest BCUT2D eigenvalue weighted by Crippen LogP contribution is -2.29. The number of nitrogens with one attached hydrogen (secondary N) is 1. The van der Waals surface area contributed by atoms with Gasteiger partial charge in [0, 0.05) is 19.0 Å². The van der Waals surface area contributed by atoms with Gasteiger partial charge in [0.15, 0.2) is 21.3 Å².